The molecule has 1 aliphatic heterocycles. The minimum absolute atomic E-state index is 0.279. The predicted molar refractivity (Wildman–Crippen MR) is 128 cm³/mol. The van der Waals surface area contributed by atoms with Gasteiger partial charge in [0.05, 0.1) is 6.61 Å². The van der Waals surface area contributed by atoms with Crippen LogP contribution in [0.5, 0.6) is 0 Å². The number of likely N-dealkylation sites (tertiary alicyclic amines) is 1. The molecule has 4 nitrogen and oxygen atoms in total. The van der Waals surface area contributed by atoms with E-state index in [4.69, 9.17) is 0 Å². The van der Waals surface area contributed by atoms with Crippen molar-refractivity contribution in [2.75, 3.05) is 26.2 Å². The number of aromatic nitrogens is 1. The third-order valence-electron chi connectivity index (χ3n) is 6.59. The molecule has 3 N–H and O–H groups in total. The van der Waals surface area contributed by atoms with Crippen LogP contribution in [0.25, 0.3) is 10.9 Å². The lowest BCUT2D eigenvalue weighted by molar-refractivity contribution is 0.147. The molecule has 1 aromatic heterocycles. The van der Waals surface area contributed by atoms with E-state index in [1.807, 2.05) is 0 Å². The van der Waals surface area contributed by atoms with Gasteiger partial charge in [-0.15, -0.1) is 0 Å². The first kappa shape index (κ1) is 23.1. The predicted octanol–water partition coefficient (Wildman–Crippen LogP) is 4.90. The van der Waals surface area contributed by atoms with Crippen LogP contribution >= 0.6 is 0 Å². The molecule has 0 amide bonds. The van der Waals surface area contributed by atoms with Gasteiger partial charge >= 0.3 is 0 Å². The molecule has 166 valence electrons. The molecular weight excluding hydrogens is 370 g/mol. The largest absolute Gasteiger partial charge is 0.395 e. The van der Waals surface area contributed by atoms with Crippen molar-refractivity contribution in [3.8, 4) is 0 Å². The normalized spacial score (nSPS) is 19.3. The maximum atomic E-state index is 9.75. The second-order valence-corrected chi connectivity index (χ2v) is 9.44. The van der Waals surface area contributed by atoms with Crippen molar-refractivity contribution in [3.05, 3.63) is 47.7 Å². The minimum atomic E-state index is 0.279. The number of nitrogens with zero attached hydrogens (tertiary/aromatic N) is 1. The van der Waals surface area contributed by atoms with Gasteiger partial charge in [0.2, 0.25) is 0 Å². The Labute approximate surface area is 182 Å². The highest BCUT2D eigenvalue weighted by atomic mass is 16.3. The second-order valence-electron chi connectivity index (χ2n) is 9.44. The molecule has 2 heterocycles. The van der Waals surface area contributed by atoms with Crippen molar-refractivity contribution in [3.63, 3.8) is 0 Å². The first-order valence-electron chi connectivity index (χ1n) is 11.8. The van der Waals surface area contributed by atoms with Crippen molar-refractivity contribution in [1.29, 1.82) is 0 Å². The fourth-order valence-corrected chi connectivity index (χ4v) is 4.73. The van der Waals surface area contributed by atoms with Crippen molar-refractivity contribution in [1.82, 2.24) is 15.2 Å². The van der Waals surface area contributed by atoms with E-state index in [1.165, 1.54) is 47.7 Å². The highest BCUT2D eigenvalue weighted by Gasteiger charge is 2.26. The zero-order valence-corrected chi connectivity index (χ0v) is 19.2. The number of rotatable bonds is 12. The zero-order chi connectivity index (χ0) is 21.3. The first-order valence-corrected chi connectivity index (χ1v) is 11.8. The molecule has 30 heavy (non-hydrogen) atoms. The molecule has 0 aliphatic carbocycles. The Kier molecular flexibility index (Phi) is 8.98. The number of nitrogens with one attached hydrogen (secondary N) is 2. The topological polar surface area (TPSA) is 51.3 Å². The fraction of sp³-hybridized carbons (Fsp3) is 0.615. The standard InChI is InChI=1S/C26H41N3O/c1-20(2)8-6-9-21(3)13-14-27-23(18-29-15-7-10-24(29)19-30)16-22-17-28-26-12-5-4-11-25(22)26/h4-5,8,11-12,17,21,23-24,27-28,30H,6-7,9-10,13-16,18-19H2,1-3H3/t21-,23?,24?/m1/s1. The van der Waals surface area contributed by atoms with Crippen molar-refractivity contribution < 1.29 is 5.11 Å². The molecular formula is C26H41N3O. The summed E-state index contributed by atoms with van der Waals surface area (Å²) < 4.78 is 0. The van der Waals surface area contributed by atoms with Gasteiger partial charge in [0.25, 0.3) is 0 Å². The zero-order valence-electron chi connectivity index (χ0n) is 19.2. The van der Waals surface area contributed by atoms with Crippen LogP contribution < -0.4 is 5.32 Å². The van der Waals surface area contributed by atoms with Crippen LogP contribution in [-0.2, 0) is 6.42 Å². The Hall–Kier alpha value is -1.62. The summed E-state index contributed by atoms with van der Waals surface area (Å²) in [6.07, 6.45) is 11.5. The second kappa shape index (κ2) is 11.7. The first-order chi connectivity index (χ1) is 14.6. The Balaban J connectivity index is 1.58. The van der Waals surface area contributed by atoms with E-state index in [2.05, 4.69) is 72.5 Å². The summed E-state index contributed by atoms with van der Waals surface area (Å²) in [4.78, 5) is 5.92. The van der Waals surface area contributed by atoms with Crippen molar-refractivity contribution >= 4 is 10.9 Å². The fourth-order valence-electron chi connectivity index (χ4n) is 4.73. The summed E-state index contributed by atoms with van der Waals surface area (Å²) in [6.45, 7) is 10.2. The molecule has 3 atom stereocenters. The summed E-state index contributed by atoms with van der Waals surface area (Å²) >= 11 is 0. The van der Waals surface area contributed by atoms with E-state index >= 15 is 0 Å². The third-order valence-corrected chi connectivity index (χ3v) is 6.59. The number of aliphatic hydroxyl groups is 1. The molecule has 1 saturated heterocycles. The van der Waals surface area contributed by atoms with E-state index in [0.29, 0.717) is 12.1 Å². The van der Waals surface area contributed by atoms with Gasteiger partial charge in [-0.05, 0) is 83.0 Å². The SMILES string of the molecule is CC(C)=CCC[C@@H](C)CCNC(Cc1c[nH]c2ccccc12)CN1CCCC1CO. The Morgan fingerprint density at radius 1 is 1.30 bits per heavy atom. The van der Waals surface area contributed by atoms with Crippen LogP contribution in [-0.4, -0.2) is 53.3 Å². The molecule has 2 unspecified atom stereocenters. The Bertz CT molecular complexity index is 792. The highest BCUT2D eigenvalue weighted by Crippen LogP contribution is 2.22. The number of para-hydroxylation sites is 1. The molecule has 1 aliphatic rings. The molecule has 3 rings (SSSR count). The van der Waals surface area contributed by atoms with E-state index in [1.54, 1.807) is 0 Å². The van der Waals surface area contributed by atoms with Gasteiger partial charge < -0.3 is 15.4 Å². The van der Waals surface area contributed by atoms with Crippen LogP contribution in [0.2, 0.25) is 0 Å². The van der Waals surface area contributed by atoms with Crippen LogP contribution in [0.3, 0.4) is 0 Å². The number of benzene rings is 1. The molecule has 0 radical (unpaired) electrons. The minimum Gasteiger partial charge on any atom is -0.395 e. The average Bonchev–Trinajstić information content (AvgIpc) is 3.34. The van der Waals surface area contributed by atoms with Gasteiger partial charge in [0, 0.05) is 35.7 Å². The summed E-state index contributed by atoms with van der Waals surface area (Å²) in [5.74, 6) is 0.735. The van der Waals surface area contributed by atoms with Gasteiger partial charge in [-0.25, -0.2) is 0 Å². The van der Waals surface area contributed by atoms with Crippen molar-refractivity contribution in [2.45, 2.75) is 71.4 Å². The Morgan fingerprint density at radius 3 is 2.93 bits per heavy atom. The number of hydrogen-bond donors (Lipinski definition) is 3. The summed E-state index contributed by atoms with van der Waals surface area (Å²) in [5.41, 5.74) is 4.02. The monoisotopic (exact) mass is 411 g/mol. The number of aromatic amines is 1. The van der Waals surface area contributed by atoms with E-state index in [-0.39, 0.29) is 6.61 Å². The van der Waals surface area contributed by atoms with Gasteiger partial charge in [0.1, 0.15) is 0 Å². The quantitative estimate of drug-likeness (QED) is 0.436. The van der Waals surface area contributed by atoms with Crippen molar-refractivity contribution in [2.24, 2.45) is 5.92 Å². The molecule has 0 saturated carbocycles. The van der Waals surface area contributed by atoms with Crippen LogP contribution in [0.4, 0.5) is 0 Å². The lowest BCUT2D eigenvalue weighted by Gasteiger charge is -2.29. The van der Waals surface area contributed by atoms with Crippen LogP contribution in [0.1, 0.15) is 58.4 Å². The molecule has 1 aromatic carbocycles. The number of fused-ring (bicyclic) bond motifs is 1. The maximum Gasteiger partial charge on any atom is 0.0586 e. The van der Waals surface area contributed by atoms with Gasteiger partial charge in [-0.1, -0.05) is 36.8 Å². The number of aliphatic hydroxyl groups excluding tert-OH is 1. The van der Waals surface area contributed by atoms with Crippen LogP contribution in [0.15, 0.2) is 42.1 Å². The lowest BCUT2D eigenvalue weighted by atomic mass is 10.00. The highest BCUT2D eigenvalue weighted by molar-refractivity contribution is 5.83. The molecule has 0 bridgehead atoms. The van der Waals surface area contributed by atoms with Crippen LogP contribution in [0, 0.1) is 5.92 Å². The number of allylic oxidation sites excluding steroid dienone is 2. The molecule has 0 spiro atoms. The molecule has 4 heteroatoms. The van der Waals surface area contributed by atoms with E-state index in [9.17, 15) is 5.11 Å². The van der Waals surface area contributed by atoms with E-state index < -0.39 is 0 Å². The maximum absolute atomic E-state index is 9.75. The smallest absolute Gasteiger partial charge is 0.0586 e. The van der Waals surface area contributed by atoms with E-state index in [0.717, 1.165) is 38.4 Å². The molecule has 2 aromatic rings. The summed E-state index contributed by atoms with van der Waals surface area (Å²) in [7, 11) is 0. The molecule has 1 fully saturated rings. The van der Waals surface area contributed by atoms with Gasteiger partial charge in [-0.3, -0.25) is 4.90 Å². The summed E-state index contributed by atoms with van der Waals surface area (Å²) in [6, 6.07) is 9.32. The lowest BCUT2D eigenvalue weighted by Crippen LogP contribution is -2.45. The third kappa shape index (κ3) is 6.69. The number of H-pyrrole nitrogens is 1. The van der Waals surface area contributed by atoms with Gasteiger partial charge in [-0.2, -0.15) is 0 Å². The summed E-state index contributed by atoms with van der Waals surface area (Å²) in [5, 5.41) is 15.0. The number of hydrogen-bond acceptors (Lipinski definition) is 3. The average molecular weight is 412 g/mol. The van der Waals surface area contributed by atoms with Gasteiger partial charge in [0.15, 0.2) is 0 Å². The Morgan fingerprint density at radius 2 is 2.13 bits per heavy atom.